The highest BCUT2D eigenvalue weighted by molar-refractivity contribution is 5.69. The number of nitrogen functional groups attached to an aromatic ring is 1. The van der Waals surface area contributed by atoms with Gasteiger partial charge in [0.2, 0.25) is 5.95 Å². The van der Waals surface area contributed by atoms with Crippen LogP contribution in [0.25, 0.3) is 16.9 Å². The second-order valence-corrected chi connectivity index (χ2v) is 10.9. The molecule has 0 atom stereocenters. The van der Waals surface area contributed by atoms with Gasteiger partial charge in [-0.2, -0.15) is 4.98 Å². The molecule has 5 rings (SSSR count). The number of hydrogen-bond acceptors (Lipinski definition) is 8. The summed E-state index contributed by atoms with van der Waals surface area (Å²) in [5, 5.41) is 14.8. The van der Waals surface area contributed by atoms with E-state index < -0.39 is 5.82 Å². The quantitative estimate of drug-likeness (QED) is 0.586. The molecule has 0 unspecified atom stereocenters. The molecule has 0 amide bonds. The average Bonchev–Trinajstić information content (AvgIpc) is 3.47. The monoisotopic (exact) mass is 465 g/mol. The molecule has 10 heteroatoms. The normalized spacial score (nSPS) is 20.4. The minimum absolute atomic E-state index is 0.0335. The summed E-state index contributed by atoms with van der Waals surface area (Å²) in [4.78, 5) is 10.9. The molecular weight excluding hydrogens is 433 g/mol. The van der Waals surface area contributed by atoms with E-state index in [0.29, 0.717) is 11.5 Å². The van der Waals surface area contributed by atoms with Crippen LogP contribution in [0.15, 0.2) is 24.5 Å². The van der Waals surface area contributed by atoms with E-state index in [0.717, 1.165) is 36.9 Å². The lowest BCUT2D eigenvalue weighted by Gasteiger charge is -2.53. The Hall–Kier alpha value is -3.14. The number of piperidine rings is 1. The van der Waals surface area contributed by atoms with E-state index >= 15 is 4.39 Å². The third kappa shape index (κ3) is 4.22. The predicted molar refractivity (Wildman–Crippen MR) is 129 cm³/mol. The summed E-state index contributed by atoms with van der Waals surface area (Å²) in [6, 6.07) is 5.91. The number of halogens is 1. The van der Waals surface area contributed by atoms with Gasteiger partial charge in [0, 0.05) is 22.7 Å². The van der Waals surface area contributed by atoms with Crippen LogP contribution in [0.4, 0.5) is 16.2 Å². The van der Waals surface area contributed by atoms with Gasteiger partial charge < -0.3 is 11.1 Å². The lowest BCUT2D eigenvalue weighted by Crippen LogP contribution is -2.61. The average molecular weight is 466 g/mol. The number of hydrogen-bond donors (Lipinski definition) is 2. The van der Waals surface area contributed by atoms with Crippen molar-refractivity contribution in [2.75, 3.05) is 18.1 Å². The standard InChI is InChI=1S/C24H32FN9/c1-23(2)11-17(12-24(3,4)33(23)5)28-21-19(25)20(29-22(26)30-21)16-8-15(14-6-7-14)9-18(10-16)34-13-27-31-32-34/h8-10,13-14,17H,6-7,11-12H2,1-5H3,(H3,26,28,29,30). The number of nitrogens with one attached hydrogen (secondary N) is 1. The largest absolute Gasteiger partial charge is 0.368 e. The smallest absolute Gasteiger partial charge is 0.222 e. The maximum absolute atomic E-state index is 15.9. The number of benzene rings is 1. The van der Waals surface area contributed by atoms with Gasteiger partial charge in [0.25, 0.3) is 0 Å². The molecule has 180 valence electrons. The van der Waals surface area contributed by atoms with Gasteiger partial charge in [-0.05, 0) is 101 Å². The third-order valence-corrected chi connectivity index (χ3v) is 7.39. The van der Waals surface area contributed by atoms with Gasteiger partial charge in [-0.15, -0.1) is 5.10 Å². The predicted octanol–water partition coefficient (Wildman–Crippen LogP) is 3.78. The molecule has 1 saturated carbocycles. The van der Waals surface area contributed by atoms with Gasteiger partial charge >= 0.3 is 0 Å². The minimum atomic E-state index is -0.501. The Morgan fingerprint density at radius 1 is 1.06 bits per heavy atom. The molecule has 0 bridgehead atoms. The summed E-state index contributed by atoms with van der Waals surface area (Å²) in [5.74, 6) is 0.133. The summed E-state index contributed by atoms with van der Waals surface area (Å²) in [5.41, 5.74) is 8.67. The Bertz CT molecular complexity index is 1180. The first-order valence-corrected chi connectivity index (χ1v) is 11.8. The van der Waals surface area contributed by atoms with Gasteiger partial charge in [0.05, 0.1) is 5.69 Å². The summed E-state index contributed by atoms with van der Waals surface area (Å²) in [6.07, 6.45) is 5.46. The van der Waals surface area contributed by atoms with Gasteiger partial charge in [0.1, 0.15) is 12.0 Å². The molecule has 1 saturated heterocycles. The molecule has 2 aliphatic rings. The number of tetrazole rings is 1. The number of likely N-dealkylation sites (tertiary alicyclic amines) is 1. The maximum Gasteiger partial charge on any atom is 0.222 e. The molecule has 1 aliphatic heterocycles. The van der Waals surface area contributed by atoms with Crippen molar-refractivity contribution < 1.29 is 4.39 Å². The van der Waals surface area contributed by atoms with Crippen LogP contribution in [0.5, 0.6) is 0 Å². The van der Waals surface area contributed by atoms with Crippen molar-refractivity contribution in [1.29, 1.82) is 0 Å². The highest BCUT2D eigenvalue weighted by Gasteiger charge is 2.43. The van der Waals surface area contributed by atoms with Crippen LogP contribution in [0.1, 0.15) is 64.9 Å². The Balaban J connectivity index is 1.52. The number of anilines is 2. The Kier molecular flexibility index (Phi) is 5.31. The number of nitrogens with two attached hydrogens (primary N) is 1. The van der Waals surface area contributed by atoms with Crippen LogP contribution >= 0.6 is 0 Å². The summed E-state index contributed by atoms with van der Waals surface area (Å²) in [6.45, 7) is 8.84. The van der Waals surface area contributed by atoms with Crippen molar-refractivity contribution in [2.45, 2.75) is 76.4 Å². The van der Waals surface area contributed by atoms with E-state index in [1.165, 1.54) is 6.33 Å². The van der Waals surface area contributed by atoms with Crippen LogP contribution in [-0.4, -0.2) is 59.2 Å². The van der Waals surface area contributed by atoms with Crippen molar-refractivity contribution in [2.24, 2.45) is 0 Å². The first-order chi connectivity index (χ1) is 16.0. The number of rotatable bonds is 5. The van der Waals surface area contributed by atoms with Crippen LogP contribution in [-0.2, 0) is 0 Å². The van der Waals surface area contributed by atoms with Crippen LogP contribution < -0.4 is 11.1 Å². The fourth-order valence-electron chi connectivity index (χ4n) is 5.25. The second-order valence-electron chi connectivity index (χ2n) is 10.9. The highest BCUT2D eigenvalue weighted by Crippen LogP contribution is 2.43. The second kappa shape index (κ2) is 7.97. The highest BCUT2D eigenvalue weighted by atomic mass is 19.1. The van der Waals surface area contributed by atoms with E-state index in [-0.39, 0.29) is 34.6 Å². The lowest BCUT2D eigenvalue weighted by molar-refractivity contribution is -0.00777. The van der Waals surface area contributed by atoms with Crippen LogP contribution in [0.2, 0.25) is 0 Å². The van der Waals surface area contributed by atoms with Crippen LogP contribution in [0.3, 0.4) is 0 Å². The molecule has 3 heterocycles. The molecule has 3 N–H and O–H groups in total. The molecule has 1 aliphatic carbocycles. The van der Waals surface area contributed by atoms with E-state index in [2.05, 4.69) is 70.5 Å². The summed E-state index contributed by atoms with van der Waals surface area (Å²) >= 11 is 0. The first kappa shape index (κ1) is 22.6. The number of nitrogens with zero attached hydrogens (tertiary/aromatic N) is 7. The van der Waals surface area contributed by atoms with E-state index in [9.17, 15) is 0 Å². The van der Waals surface area contributed by atoms with Gasteiger partial charge in [-0.3, -0.25) is 4.90 Å². The molecule has 34 heavy (non-hydrogen) atoms. The van der Waals surface area contributed by atoms with Gasteiger partial charge in [-0.1, -0.05) is 0 Å². The van der Waals surface area contributed by atoms with Gasteiger partial charge in [0.15, 0.2) is 11.6 Å². The SMILES string of the molecule is CN1C(C)(C)CC(Nc2nc(N)nc(-c3cc(C4CC4)cc(-n4cnnn4)c3)c2F)CC1(C)C. The van der Waals surface area contributed by atoms with E-state index in [1.807, 2.05) is 18.2 Å². The fraction of sp³-hybridized carbons (Fsp3) is 0.542. The molecular formula is C24H32FN9. The van der Waals surface area contributed by atoms with Crippen molar-refractivity contribution in [1.82, 2.24) is 35.1 Å². The first-order valence-electron chi connectivity index (χ1n) is 11.8. The Labute approximate surface area is 199 Å². The fourth-order valence-corrected chi connectivity index (χ4v) is 5.25. The minimum Gasteiger partial charge on any atom is -0.368 e. The summed E-state index contributed by atoms with van der Waals surface area (Å²) in [7, 11) is 2.15. The van der Waals surface area contributed by atoms with Crippen molar-refractivity contribution in [3.63, 3.8) is 0 Å². The molecule has 2 aromatic heterocycles. The zero-order valence-corrected chi connectivity index (χ0v) is 20.4. The van der Waals surface area contributed by atoms with Crippen molar-refractivity contribution >= 4 is 11.8 Å². The number of aromatic nitrogens is 6. The van der Waals surface area contributed by atoms with Gasteiger partial charge in [-0.25, -0.2) is 14.1 Å². The molecule has 0 spiro atoms. The molecule has 1 aromatic carbocycles. The molecule has 9 nitrogen and oxygen atoms in total. The van der Waals surface area contributed by atoms with Crippen molar-refractivity contribution in [3.05, 3.63) is 35.9 Å². The third-order valence-electron chi connectivity index (χ3n) is 7.39. The van der Waals surface area contributed by atoms with E-state index in [4.69, 9.17) is 5.73 Å². The zero-order chi connectivity index (χ0) is 24.3. The summed E-state index contributed by atoms with van der Waals surface area (Å²) < 4.78 is 17.4. The van der Waals surface area contributed by atoms with E-state index in [1.54, 1.807) is 4.68 Å². The Morgan fingerprint density at radius 2 is 1.76 bits per heavy atom. The maximum atomic E-state index is 15.9. The van der Waals surface area contributed by atoms with Crippen molar-refractivity contribution in [3.8, 4) is 16.9 Å². The topological polar surface area (TPSA) is 111 Å². The molecule has 3 aromatic rings. The Morgan fingerprint density at radius 3 is 2.38 bits per heavy atom. The molecule has 0 radical (unpaired) electrons. The zero-order valence-electron chi connectivity index (χ0n) is 20.4. The lowest BCUT2D eigenvalue weighted by atomic mass is 9.77. The molecule has 2 fully saturated rings. The van der Waals surface area contributed by atoms with Crippen LogP contribution in [0, 0.1) is 5.82 Å².